The minimum atomic E-state index is -0.201. The van der Waals surface area contributed by atoms with Gasteiger partial charge in [-0.15, -0.1) is 0 Å². The smallest absolute Gasteiger partial charge is 0.146 e. The summed E-state index contributed by atoms with van der Waals surface area (Å²) in [6.07, 6.45) is 4.79. The van der Waals surface area contributed by atoms with Gasteiger partial charge in [-0.25, -0.2) is 4.39 Å². The highest BCUT2D eigenvalue weighted by Crippen LogP contribution is 2.27. The van der Waals surface area contributed by atoms with Crippen LogP contribution in [0.4, 0.5) is 4.39 Å². The topological polar surface area (TPSA) is 24.9 Å². The van der Waals surface area contributed by atoms with Gasteiger partial charge in [0.05, 0.1) is 11.7 Å². The van der Waals surface area contributed by atoms with E-state index in [1.54, 1.807) is 12.3 Å². The highest BCUT2D eigenvalue weighted by atomic mass is 19.1. The van der Waals surface area contributed by atoms with Gasteiger partial charge < -0.3 is 5.32 Å². The third kappa shape index (κ3) is 3.77. The van der Waals surface area contributed by atoms with Gasteiger partial charge in [-0.1, -0.05) is 33.6 Å². The molecule has 3 heteroatoms. The van der Waals surface area contributed by atoms with Crippen LogP contribution in [0.3, 0.4) is 0 Å². The second-order valence-corrected chi connectivity index (χ2v) is 4.38. The molecule has 96 valence electrons. The third-order valence-corrected chi connectivity index (χ3v) is 3.22. The van der Waals surface area contributed by atoms with Crippen molar-refractivity contribution in [1.82, 2.24) is 10.3 Å². The number of nitrogens with one attached hydrogen (secondary N) is 1. The molecule has 0 aliphatic carbocycles. The Morgan fingerprint density at radius 1 is 1.29 bits per heavy atom. The van der Waals surface area contributed by atoms with E-state index in [2.05, 4.69) is 31.1 Å². The van der Waals surface area contributed by atoms with Gasteiger partial charge in [-0.3, -0.25) is 4.98 Å². The molecule has 0 amide bonds. The number of hydrogen-bond acceptors (Lipinski definition) is 2. The fourth-order valence-electron chi connectivity index (χ4n) is 2.17. The van der Waals surface area contributed by atoms with E-state index in [1.807, 2.05) is 0 Å². The van der Waals surface area contributed by atoms with E-state index in [9.17, 15) is 4.39 Å². The van der Waals surface area contributed by atoms with E-state index in [1.165, 1.54) is 6.07 Å². The first-order chi connectivity index (χ1) is 8.24. The zero-order chi connectivity index (χ0) is 12.7. The Morgan fingerprint density at radius 3 is 2.53 bits per heavy atom. The molecule has 1 unspecified atom stereocenters. The Bertz CT molecular complexity index is 324. The number of aromatic nitrogens is 1. The van der Waals surface area contributed by atoms with Gasteiger partial charge in [0.2, 0.25) is 0 Å². The molecule has 0 bridgehead atoms. The van der Waals surface area contributed by atoms with Crippen LogP contribution in [0.15, 0.2) is 18.3 Å². The molecule has 1 heterocycles. The van der Waals surface area contributed by atoms with Gasteiger partial charge in [0.25, 0.3) is 0 Å². The summed E-state index contributed by atoms with van der Waals surface area (Å²) < 4.78 is 13.8. The van der Waals surface area contributed by atoms with Crippen LogP contribution < -0.4 is 5.32 Å². The predicted molar refractivity (Wildman–Crippen MR) is 69.3 cm³/mol. The van der Waals surface area contributed by atoms with Crippen LogP contribution in [0.5, 0.6) is 0 Å². The summed E-state index contributed by atoms with van der Waals surface area (Å²) in [5.41, 5.74) is 0.564. The molecule has 0 spiro atoms. The SMILES string of the molecule is CCCNC(c1ncccc1F)C(CC)CC. The lowest BCUT2D eigenvalue weighted by atomic mass is 9.91. The van der Waals surface area contributed by atoms with Crippen molar-refractivity contribution in [1.29, 1.82) is 0 Å². The summed E-state index contributed by atoms with van der Waals surface area (Å²) in [6, 6.07) is 3.17. The van der Waals surface area contributed by atoms with Crippen molar-refractivity contribution >= 4 is 0 Å². The Balaban J connectivity index is 2.92. The molecule has 0 radical (unpaired) electrons. The van der Waals surface area contributed by atoms with E-state index in [-0.39, 0.29) is 11.9 Å². The molecule has 0 aliphatic heterocycles. The van der Waals surface area contributed by atoms with Gasteiger partial charge in [0.1, 0.15) is 5.82 Å². The van der Waals surface area contributed by atoms with Gasteiger partial charge in [0, 0.05) is 6.20 Å². The summed E-state index contributed by atoms with van der Waals surface area (Å²) >= 11 is 0. The van der Waals surface area contributed by atoms with Crippen LogP contribution in [0.25, 0.3) is 0 Å². The summed E-state index contributed by atoms with van der Waals surface area (Å²) in [5, 5.41) is 3.43. The first kappa shape index (κ1) is 14.1. The highest BCUT2D eigenvalue weighted by Gasteiger charge is 2.23. The first-order valence-corrected chi connectivity index (χ1v) is 6.58. The molecule has 0 fully saturated rings. The molecular formula is C14H23FN2. The molecule has 1 aromatic heterocycles. The summed E-state index contributed by atoms with van der Waals surface area (Å²) in [5.74, 6) is 0.235. The van der Waals surface area contributed by atoms with Crippen LogP contribution in [0, 0.1) is 11.7 Å². The average molecular weight is 238 g/mol. The molecule has 1 aromatic rings. The zero-order valence-electron chi connectivity index (χ0n) is 11.0. The Hall–Kier alpha value is -0.960. The minimum absolute atomic E-state index is 0.0335. The van der Waals surface area contributed by atoms with Crippen molar-refractivity contribution in [2.45, 2.75) is 46.1 Å². The molecule has 1 atom stereocenters. The molecule has 1 N–H and O–H groups in total. The number of hydrogen-bond donors (Lipinski definition) is 1. The lowest BCUT2D eigenvalue weighted by molar-refractivity contribution is 0.325. The molecular weight excluding hydrogens is 215 g/mol. The van der Waals surface area contributed by atoms with E-state index >= 15 is 0 Å². The van der Waals surface area contributed by atoms with Crippen molar-refractivity contribution in [3.05, 3.63) is 29.8 Å². The number of halogens is 1. The third-order valence-electron chi connectivity index (χ3n) is 3.22. The summed E-state index contributed by atoms with van der Waals surface area (Å²) in [4.78, 5) is 4.21. The Morgan fingerprint density at radius 2 is 2.00 bits per heavy atom. The molecule has 0 saturated carbocycles. The summed E-state index contributed by atoms with van der Waals surface area (Å²) in [6.45, 7) is 7.31. The molecule has 0 aromatic carbocycles. The normalized spacial score (nSPS) is 13.0. The van der Waals surface area contributed by atoms with Crippen molar-refractivity contribution in [2.75, 3.05) is 6.54 Å². The summed E-state index contributed by atoms with van der Waals surface area (Å²) in [7, 11) is 0. The van der Waals surface area contributed by atoms with E-state index in [0.717, 1.165) is 25.8 Å². The van der Waals surface area contributed by atoms with Gasteiger partial charge in [-0.2, -0.15) is 0 Å². The predicted octanol–water partition coefficient (Wildman–Crippen LogP) is 3.70. The molecule has 2 nitrogen and oxygen atoms in total. The monoisotopic (exact) mass is 238 g/mol. The highest BCUT2D eigenvalue weighted by molar-refractivity contribution is 5.12. The maximum absolute atomic E-state index is 13.8. The second kappa shape index (κ2) is 7.38. The Kier molecular flexibility index (Phi) is 6.12. The zero-order valence-corrected chi connectivity index (χ0v) is 11.0. The largest absolute Gasteiger partial charge is 0.308 e. The first-order valence-electron chi connectivity index (χ1n) is 6.58. The second-order valence-electron chi connectivity index (χ2n) is 4.38. The maximum atomic E-state index is 13.8. The van der Waals surface area contributed by atoms with Crippen molar-refractivity contribution in [3.63, 3.8) is 0 Å². The molecule has 0 saturated heterocycles. The lowest BCUT2D eigenvalue weighted by Crippen LogP contribution is -2.30. The number of rotatable bonds is 7. The number of pyridine rings is 1. The van der Waals surface area contributed by atoms with Crippen LogP contribution in [0.2, 0.25) is 0 Å². The fourth-order valence-corrected chi connectivity index (χ4v) is 2.17. The van der Waals surface area contributed by atoms with Crippen molar-refractivity contribution in [2.24, 2.45) is 5.92 Å². The van der Waals surface area contributed by atoms with Gasteiger partial charge >= 0.3 is 0 Å². The quantitative estimate of drug-likeness (QED) is 0.783. The van der Waals surface area contributed by atoms with Crippen molar-refractivity contribution < 1.29 is 4.39 Å². The van der Waals surface area contributed by atoms with Crippen LogP contribution in [0.1, 0.15) is 51.8 Å². The molecule has 0 aliphatic rings. The van der Waals surface area contributed by atoms with Crippen LogP contribution >= 0.6 is 0 Å². The van der Waals surface area contributed by atoms with Crippen LogP contribution in [-0.2, 0) is 0 Å². The minimum Gasteiger partial charge on any atom is -0.308 e. The molecule has 17 heavy (non-hydrogen) atoms. The fraction of sp³-hybridized carbons (Fsp3) is 0.643. The maximum Gasteiger partial charge on any atom is 0.146 e. The molecule has 1 rings (SSSR count). The van der Waals surface area contributed by atoms with Crippen LogP contribution in [-0.4, -0.2) is 11.5 Å². The van der Waals surface area contributed by atoms with Gasteiger partial charge in [-0.05, 0) is 31.0 Å². The standard InChI is InChI=1S/C14H23FN2/c1-4-9-16-13(11(5-2)6-3)14-12(15)8-7-10-17-14/h7-8,10-11,13,16H,4-6,9H2,1-3H3. The average Bonchev–Trinajstić information content (AvgIpc) is 2.36. The van der Waals surface area contributed by atoms with E-state index in [4.69, 9.17) is 0 Å². The van der Waals surface area contributed by atoms with Crippen molar-refractivity contribution in [3.8, 4) is 0 Å². The lowest BCUT2D eigenvalue weighted by Gasteiger charge is -2.26. The van der Waals surface area contributed by atoms with E-state index < -0.39 is 0 Å². The van der Waals surface area contributed by atoms with E-state index in [0.29, 0.717) is 11.6 Å². The Labute approximate surface area is 104 Å². The number of nitrogens with zero attached hydrogens (tertiary/aromatic N) is 1. The van der Waals surface area contributed by atoms with Gasteiger partial charge in [0.15, 0.2) is 0 Å².